The number of nitrogens with two attached hydrogens (primary N) is 1. The minimum absolute atomic E-state index is 0.00586. The van der Waals surface area contributed by atoms with E-state index in [0.717, 1.165) is 0 Å². The molecule has 1 amide bonds. The lowest BCUT2D eigenvalue weighted by molar-refractivity contribution is -0.198. The Labute approximate surface area is 554 Å². The van der Waals surface area contributed by atoms with Gasteiger partial charge in [-0.1, -0.05) is 94.4 Å². The van der Waals surface area contributed by atoms with Gasteiger partial charge >= 0.3 is 0 Å². The zero-order chi connectivity index (χ0) is 71.4. The number of likely N-dealkylation sites (N-methyl/N-ethyl adjacent to an activating group) is 1. The maximum Gasteiger partial charge on any atom is 0.265 e. The number of carbonyl (C=O) groups excluding carboxylic acids is 3. The molecule has 26 atom stereocenters. The van der Waals surface area contributed by atoms with Crippen LogP contribution in [-0.4, -0.2) is 221 Å². The quantitative estimate of drug-likeness (QED) is 0.0173. The number of likely N-dealkylation sites (tertiary alicyclic amines) is 1. The molecule has 2 aliphatic heterocycles. The summed E-state index contributed by atoms with van der Waals surface area (Å²) in [7, 11) is 1.46. The van der Waals surface area contributed by atoms with Crippen molar-refractivity contribution < 1.29 is 101 Å². The van der Waals surface area contributed by atoms with Crippen LogP contribution in [0.1, 0.15) is 194 Å². The van der Waals surface area contributed by atoms with Gasteiger partial charge < -0.3 is 97.1 Å². The number of amides is 1. The molecule has 2 heterocycles. The average molecular weight is 1330 g/mol. The smallest absolute Gasteiger partial charge is 0.265 e. The molecular weight excluding hydrogens is 1200 g/mol. The van der Waals surface area contributed by atoms with E-state index in [9.17, 15) is 96.1 Å². The fraction of sp³-hybridized carbons (Fsp3) is 0.817. The van der Waals surface area contributed by atoms with Crippen molar-refractivity contribution in [1.29, 1.82) is 0 Å². The molecule has 2 fully saturated rings. The van der Waals surface area contributed by atoms with Crippen LogP contribution < -0.4 is 5.73 Å². The molecule has 2 saturated heterocycles. The number of nitrogens with zero attached hydrogens (tertiary/aromatic N) is 1. The monoisotopic (exact) mass is 1330 g/mol. The lowest BCUT2D eigenvalue weighted by Gasteiger charge is -2.45. The molecule has 540 valence electrons. The standard InChI is InChI=1S/C71H126N2O20/c1-35(2)28-54-68(90)59(71(92)73(54)16)66(88)40(8)23-27-51(77)32-49(75)25-21-38(6)63(85)44(12)55(79)18-17-19-56(80)45(13)65(87)42(10)29-41(9)62(84)43(11)30-57(81)58(82)34-52(78)33-53(70-69(91)60(72)67(89)47(15)93-70)37(5)20-24-48(74)31-50(76)26-22-39(7)64(86)46(14)61(83)36(3)4/h23,28-30,35-39,41,44-53,55-58,60-61,63-65,67,69-70,74-83,85-89,91H,17-22,24-27,31-34,72H2,1-16H3/b40-23+,42-29+,43-30+,54-28+,66-59+. The predicted molar refractivity (Wildman–Crippen MR) is 356 cm³/mol. The summed E-state index contributed by atoms with van der Waals surface area (Å²) in [6.07, 6.45) is -9.49. The highest BCUT2D eigenvalue weighted by atomic mass is 16.5. The Morgan fingerprint density at radius 3 is 1.59 bits per heavy atom. The minimum Gasteiger partial charge on any atom is -0.507 e. The van der Waals surface area contributed by atoms with Gasteiger partial charge in [-0.05, 0) is 169 Å². The number of hydrogen-bond donors (Lipinski definition) is 17. The van der Waals surface area contributed by atoms with E-state index in [0.29, 0.717) is 37.7 Å². The lowest BCUT2D eigenvalue weighted by Crippen LogP contribution is -2.62. The van der Waals surface area contributed by atoms with Crippen molar-refractivity contribution in [3.05, 3.63) is 58.1 Å². The number of ketones is 2. The number of Topliss-reactive ketones (excluding diaryl/α,β-unsaturated/α-hetero) is 2. The van der Waals surface area contributed by atoms with Crippen molar-refractivity contribution in [2.45, 2.75) is 304 Å². The fourth-order valence-electron chi connectivity index (χ4n) is 13.1. The zero-order valence-corrected chi connectivity index (χ0v) is 58.7. The van der Waals surface area contributed by atoms with Crippen molar-refractivity contribution in [1.82, 2.24) is 4.90 Å². The van der Waals surface area contributed by atoms with Gasteiger partial charge in [0.1, 0.15) is 11.3 Å². The Bertz CT molecular complexity index is 2430. The highest BCUT2D eigenvalue weighted by molar-refractivity contribution is 6.32. The van der Waals surface area contributed by atoms with Crippen LogP contribution in [0.2, 0.25) is 0 Å². The summed E-state index contributed by atoms with van der Waals surface area (Å²) in [5.41, 5.74) is 6.81. The molecule has 2 rings (SSSR count). The first-order valence-corrected chi connectivity index (χ1v) is 34.3. The topological polar surface area (TPSA) is 413 Å². The van der Waals surface area contributed by atoms with E-state index in [2.05, 4.69) is 0 Å². The van der Waals surface area contributed by atoms with Crippen LogP contribution in [0.25, 0.3) is 0 Å². The molecular formula is C71H126N2O20. The number of ether oxygens (including phenoxy) is 1. The molecule has 0 spiro atoms. The molecule has 0 aromatic carbocycles. The third-order valence-corrected chi connectivity index (χ3v) is 20.1. The first-order valence-electron chi connectivity index (χ1n) is 34.3. The maximum atomic E-state index is 13.6. The zero-order valence-electron chi connectivity index (χ0n) is 58.7. The average Bonchev–Trinajstić information content (AvgIpc) is 1.76. The largest absolute Gasteiger partial charge is 0.507 e. The van der Waals surface area contributed by atoms with Crippen LogP contribution in [-0.2, 0) is 19.1 Å². The Morgan fingerprint density at radius 1 is 0.581 bits per heavy atom. The molecule has 0 aromatic heterocycles. The number of hydrogen-bond acceptors (Lipinski definition) is 21. The molecule has 0 aliphatic carbocycles. The second kappa shape index (κ2) is 40.5. The minimum atomic E-state index is -1.59. The van der Waals surface area contributed by atoms with E-state index >= 15 is 0 Å². The highest BCUT2D eigenvalue weighted by Crippen LogP contribution is 2.37. The molecule has 0 saturated carbocycles. The molecule has 93 heavy (non-hydrogen) atoms. The van der Waals surface area contributed by atoms with Gasteiger partial charge in [-0.25, -0.2) is 0 Å². The molecule has 0 aromatic rings. The Kier molecular flexibility index (Phi) is 37.3. The van der Waals surface area contributed by atoms with Crippen LogP contribution >= 0.6 is 0 Å². The van der Waals surface area contributed by atoms with Gasteiger partial charge in [0.15, 0.2) is 5.78 Å². The SMILES string of the molecule is C/C(=C\C(O)C(O)CC(O)CC(C(C)CCC(O)CC(O)CCC(C)C(O)C(C)C(O)C(C)C)C1OC(C)C(O)C(N)C1O)C(=O)C(C)/C=C(\C)C(O)C(C)C(O)CCCC(O)C(C)C(O)C(C)CCC(O)CC(O)C/C=C(C)/C(O)=C1/C(=O)/C(=C\C(C)C)N(C)C1=O. The van der Waals surface area contributed by atoms with Gasteiger partial charge in [0, 0.05) is 37.1 Å². The lowest BCUT2D eigenvalue weighted by atomic mass is 9.75. The summed E-state index contributed by atoms with van der Waals surface area (Å²) in [5.74, 6) is -6.06. The number of aliphatic hydroxyl groups is 16. The Hall–Kier alpha value is -3.37. The number of allylic oxidation sites excluding steroid dienone is 5. The third-order valence-electron chi connectivity index (χ3n) is 20.1. The van der Waals surface area contributed by atoms with Gasteiger partial charge in [-0.3, -0.25) is 14.4 Å². The summed E-state index contributed by atoms with van der Waals surface area (Å²) < 4.78 is 6.10. The van der Waals surface area contributed by atoms with E-state index < -0.39 is 157 Å². The van der Waals surface area contributed by atoms with Crippen LogP contribution in [0.3, 0.4) is 0 Å². The second-order valence-corrected chi connectivity index (χ2v) is 29.0. The van der Waals surface area contributed by atoms with Crippen LogP contribution in [0.4, 0.5) is 0 Å². The van der Waals surface area contributed by atoms with Crippen molar-refractivity contribution >= 4 is 17.5 Å². The van der Waals surface area contributed by atoms with E-state index in [1.165, 1.54) is 37.9 Å². The van der Waals surface area contributed by atoms with E-state index in [-0.39, 0.29) is 116 Å². The molecule has 0 bridgehead atoms. The van der Waals surface area contributed by atoms with E-state index in [4.69, 9.17) is 10.5 Å². The first-order chi connectivity index (χ1) is 43.1. The summed E-state index contributed by atoms with van der Waals surface area (Å²) in [4.78, 5) is 40.5. The van der Waals surface area contributed by atoms with Gasteiger partial charge in [-0.15, -0.1) is 0 Å². The Balaban J connectivity index is 1.94. The number of carbonyl (C=O) groups is 3. The molecule has 0 radical (unpaired) electrons. The second-order valence-electron chi connectivity index (χ2n) is 29.0. The van der Waals surface area contributed by atoms with Crippen molar-refractivity contribution in [3.63, 3.8) is 0 Å². The molecule has 26 unspecified atom stereocenters. The third kappa shape index (κ3) is 26.4. The predicted octanol–water partition coefficient (Wildman–Crippen LogP) is 4.50. The fourth-order valence-corrected chi connectivity index (χ4v) is 13.1. The van der Waals surface area contributed by atoms with Crippen molar-refractivity contribution in [2.24, 2.45) is 64.9 Å². The summed E-state index contributed by atoms with van der Waals surface area (Å²) in [6, 6.07) is -1.07. The van der Waals surface area contributed by atoms with Crippen LogP contribution in [0.15, 0.2) is 58.1 Å². The van der Waals surface area contributed by atoms with Gasteiger partial charge in [0.05, 0.1) is 116 Å². The molecule has 2 aliphatic rings. The van der Waals surface area contributed by atoms with Crippen molar-refractivity contribution in [2.75, 3.05) is 7.05 Å². The molecule has 22 nitrogen and oxygen atoms in total. The Morgan fingerprint density at radius 2 is 1.08 bits per heavy atom. The highest BCUT2D eigenvalue weighted by Gasteiger charge is 2.46. The van der Waals surface area contributed by atoms with Gasteiger partial charge in [-0.2, -0.15) is 0 Å². The maximum absolute atomic E-state index is 13.6. The van der Waals surface area contributed by atoms with Gasteiger partial charge in [0.2, 0.25) is 5.78 Å². The first kappa shape index (κ1) is 85.7. The van der Waals surface area contributed by atoms with E-state index in [1.807, 2.05) is 41.5 Å². The van der Waals surface area contributed by atoms with Gasteiger partial charge in [0.25, 0.3) is 5.91 Å². The number of aliphatic hydroxyl groups excluding tert-OH is 16. The summed E-state index contributed by atoms with van der Waals surface area (Å²) >= 11 is 0. The summed E-state index contributed by atoms with van der Waals surface area (Å²) in [5, 5.41) is 176. The van der Waals surface area contributed by atoms with Crippen LogP contribution in [0, 0.1) is 59.2 Å². The molecule has 22 heteroatoms. The summed E-state index contributed by atoms with van der Waals surface area (Å²) in [6.45, 7) is 26.0. The molecule has 18 N–H and O–H groups in total. The number of rotatable bonds is 42. The normalized spacial score (nSPS) is 26.9. The van der Waals surface area contributed by atoms with E-state index in [1.54, 1.807) is 60.6 Å². The van der Waals surface area contributed by atoms with Crippen LogP contribution in [0.5, 0.6) is 0 Å². The van der Waals surface area contributed by atoms with Crippen molar-refractivity contribution in [3.8, 4) is 0 Å².